The van der Waals surface area contributed by atoms with Gasteiger partial charge in [-0.05, 0) is 29.7 Å². The van der Waals surface area contributed by atoms with Gasteiger partial charge in [0.15, 0.2) is 0 Å². The zero-order chi connectivity index (χ0) is 18.6. The molecule has 1 aliphatic rings. The van der Waals surface area contributed by atoms with Crippen molar-refractivity contribution in [3.63, 3.8) is 0 Å². The molecule has 0 aliphatic carbocycles. The van der Waals surface area contributed by atoms with Crippen LogP contribution in [0.5, 0.6) is 0 Å². The number of fused-ring (bicyclic) bond motifs is 1. The molecule has 1 aliphatic heterocycles. The molecule has 5 heteroatoms. The third kappa shape index (κ3) is 4.21. The Labute approximate surface area is 160 Å². The summed E-state index contributed by atoms with van der Waals surface area (Å²) in [6.45, 7) is 7.71. The van der Waals surface area contributed by atoms with E-state index in [1.807, 2.05) is 17.9 Å². The third-order valence-corrected chi connectivity index (χ3v) is 5.47. The van der Waals surface area contributed by atoms with Gasteiger partial charge in [-0.25, -0.2) is 0 Å². The molecular formula is C22H28N4O. The fourth-order valence-electron chi connectivity index (χ4n) is 3.83. The van der Waals surface area contributed by atoms with Crippen LogP contribution in [0.1, 0.15) is 22.7 Å². The Morgan fingerprint density at radius 1 is 1.15 bits per heavy atom. The predicted octanol–water partition coefficient (Wildman–Crippen LogP) is 3.04. The first-order chi connectivity index (χ1) is 13.2. The Bertz CT molecular complexity index is 898. The minimum absolute atomic E-state index is 0.298. The van der Waals surface area contributed by atoms with Crippen molar-refractivity contribution in [3.8, 4) is 0 Å². The summed E-state index contributed by atoms with van der Waals surface area (Å²) >= 11 is 0. The maximum absolute atomic E-state index is 5.51. The highest BCUT2D eigenvalue weighted by Crippen LogP contribution is 2.21. The number of aromatic nitrogens is 2. The Morgan fingerprint density at radius 2 is 1.96 bits per heavy atom. The first-order valence-electron chi connectivity index (χ1n) is 9.70. The zero-order valence-electron chi connectivity index (χ0n) is 16.2. The maximum atomic E-state index is 5.51. The van der Waals surface area contributed by atoms with Gasteiger partial charge in [-0.1, -0.05) is 36.4 Å². The molecule has 4 rings (SSSR count). The zero-order valence-corrected chi connectivity index (χ0v) is 16.2. The van der Waals surface area contributed by atoms with Gasteiger partial charge >= 0.3 is 0 Å². The average Bonchev–Trinajstić information content (AvgIpc) is 3.07. The SMILES string of the molecule is Cc1ccccc1C(CN1CCOCC1)NCc1ccc2cnn(C)c2c1. The van der Waals surface area contributed by atoms with E-state index in [9.17, 15) is 0 Å². The summed E-state index contributed by atoms with van der Waals surface area (Å²) in [4.78, 5) is 2.50. The number of rotatable bonds is 6. The first-order valence-corrected chi connectivity index (χ1v) is 9.70. The summed E-state index contributed by atoms with van der Waals surface area (Å²) in [7, 11) is 1.99. The molecule has 1 N–H and O–H groups in total. The number of hydrogen-bond acceptors (Lipinski definition) is 4. The van der Waals surface area contributed by atoms with Gasteiger partial charge in [0.05, 0.1) is 24.9 Å². The lowest BCUT2D eigenvalue weighted by molar-refractivity contribution is 0.0333. The van der Waals surface area contributed by atoms with E-state index in [0.29, 0.717) is 6.04 Å². The van der Waals surface area contributed by atoms with Crippen molar-refractivity contribution in [2.24, 2.45) is 7.05 Å². The fraction of sp³-hybridized carbons (Fsp3) is 0.409. The van der Waals surface area contributed by atoms with E-state index < -0.39 is 0 Å². The van der Waals surface area contributed by atoms with Crippen LogP contribution in [0.25, 0.3) is 10.9 Å². The van der Waals surface area contributed by atoms with Crippen LogP contribution >= 0.6 is 0 Å². The van der Waals surface area contributed by atoms with Crippen LogP contribution in [-0.2, 0) is 18.3 Å². The van der Waals surface area contributed by atoms with Gasteiger partial charge in [-0.2, -0.15) is 5.10 Å². The van der Waals surface area contributed by atoms with E-state index in [2.05, 4.69) is 64.7 Å². The van der Waals surface area contributed by atoms with Crippen molar-refractivity contribution >= 4 is 10.9 Å². The van der Waals surface area contributed by atoms with E-state index in [1.165, 1.54) is 27.6 Å². The third-order valence-electron chi connectivity index (χ3n) is 5.47. The van der Waals surface area contributed by atoms with Crippen LogP contribution in [0.2, 0.25) is 0 Å². The van der Waals surface area contributed by atoms with Crippen LogP contribution < -0.4 is 5.32 Å². The topological polar surface area (TPSA) is 42.3 Å². The van der Waals surface area contributed by atoms with E-state index in [1.54, 1.807) is 0 Å². The van der Waals surface area contributed by atoms with Gasteiger partial charge in [0, 0.05) is 44.7 Å². The number of morpholine rings is 1. The van der Waals surface area contributed by atoms with Crippen molar-refractivity contribution in [1.29, 1.82) is 0 Å². The van der Waals surface area contributed by atoms with Gasteiger partial charge in [-0.3, -0.25) is 9.58 Å². The minimum atomic E-state index is 0.298. The van der Waals surface area contributed by atoms with Crippen molar-refractivity contribution in [2.75, 3.05) is 32.8 Å². The Hall–Kier alpha value is -2.21. The molecule has 1 unspecified atom stereocenters. The monoisotopic (exact) mass is 364 g/mol. The quantitative estimate of drug-likeness (QED) is 0.730. The number of aryl methyl sites for hydroxylation is 2. The van der Waals surface area contributed by atoms with E-state index in [4.69, 9.17) is 4.74 Å². The van der Waals surface area contributed by atoms with Crippen LogP contribution in [0.15, 0.2) is 48.7 Å². The van der Waals surface area contributed by atoms with Crippen molar-refractivity contribution in [3.05, 3.63) is 65.4 Å². The second-order valence-corrected chi connectivity index (χ2v) is 7.36. The van der Waals surface area contributed by atoms with E-state index >= 15 is 0 Å². The highest BCUT2D eigenvalue weighted by atomic mass is 16.5. The number of ether oxygens (including phenoxy) is 1. The van der Waals surface area contributed by atoms with Crippen LogP contribution in [0, 0.1) is 6.92 Å². The molecular weight excluding hydrogens is 336 g/mol. The molecule has 1 fully saturated rings. The summed E-state index contributed by atoms with van der Waals surface area (Å²) in [5.41, 5.74) is 5.18. The highest BCUT2D eigenvalue weighted by Gasteiger charge is 2.19. The fourth-order valence-corrected chi connectivity index (χ4v) is 3.83. The molecule has 27 heavy (non-hydrogen) atoms. The first kappa shape index (κ1) is 18.2. The van der Waals surface area contributed by atoms with Gasteiger partial charge in [0.1, 0.15) is 0 Å². The van der Waals surface area contributed by atoms with Gasteiger partial charge in [-0.15, -0.1) is 0 Å². The molecule has 0 amide bonds. The lowest BCUT2D eigenvalue weighted by Gasteiger charge is -2.31. The lowest BCUT2D eigenvalue weighted by Crippen LogP contribution is -2.42. The Kier molecular flexibility index (Phi) is 5.53. The molecule has 0 bridgehead atoms. The van der Waals surface area contributed by atoms with Gasteiger partial charge < -0.3 is 10.1 Å². The maximum Gasteiger partial charge on any atom is 0.0682 e. The molecule has 2 heterocycles. The molecule has 142 valence electrons. The van der Waals surface area contributed by atoms with Gasteiger partial charge in [0.25, 0.3) is 0 Å². The molecule has 2 aromatic carbocycles. The molecule has 1 aromatic heterocycles. The summed E-state index contributed by atoms with van der Waals surface area (Å²) in [5, 5.41) is 9.34. The van der Waals surface area contributed by atoms with Crippen molar-refractivity contribution in [2.45, 2.75) is 19.5 Å². The minimum Gasteiger partial charge on any atom is -0.379 e. The number of nitrogens with zero attached hydrogens (tertiary/aromatic N) is 3. The number of hydrogen-bond donors (Lipinski definition) is 1. The normalized spacial score (nSPS) is 16.7. The van der Waals surface area contributed by atoms with Crippen molar-refractivity contribution in [1.82, 2.24) is 20.0 Å². The smallest absolute Gasteiger partial charge is 0.0682 e. The standard InChI is InChI=1S/C22H28N4O/c1-17-5-3-4-6-20(17)21(16-26-9-11-27-12-10-26)23-14-18-7-8-19-15-24-25(2)22(19)13-18/h3-8,13,15,21,23H,9-12,14,16H2,1-2H3. The highest BCUT2D eigenvalue weighted by molar-refractivity contribution is 5.79. The van der Waals surface area contributed by atoms with Crippen LogP contribution in [-0.4, -0.2) is 47.5 Å². The van der Waals surface area contributed by atoms with E-state index in [-0.39, 0.29) is 0 Å². The molecule has 0 saturated carbocycles. The average molecular weight is 364 g/mol. The van der Waals surface area contributed by atoms with Crippen LogP contribution in [0.3, 0.4) is 0 Å². The number of nitrogens with one attached hydrogen (secondary N) is 1. The van der Waals surface area contributed by atoms with Crippen LogP contribution in [0.4, 0.5) is 0 Å². The summed E-state index contributed by atoms with van der Waals surface area (Å²) in [6.07, 6.45) is 1.92. The summed E-state index contributed by atoms with van der Waals surface area (Å²) < 4.78 is 7.45. The molecule has 0 radical (unpaired) electrons. The molecule has 1 atom stereocenters. The summed E-state index contributed by atoms with van der Waals surface area (Å²) in [6, 6.07) is 15.6. The second-order valence-electron chi connectivity index (χ2n) is 7.36. The Morgan fingerprint density at radius 3 is 2.78 bits per heavy atom. The Balaban J connectivity index is 1.52. The molecule has 5 nitrogen and oxygen atoms in total. The summed E-state index contributed by atoms with van der Waals surface area (Å²) in [5.74, 6) is 0. The molecule has 1 saturated heterocycles. The predicted molar refractivity (Wildman–Crippen MR) is 109 cm³/mol. The van der Waals surface area contributed by atoms with Crippen molar-refractivity contribution < 1.29 is 4.74 Å². The van der Waals surface area contributed by atoms with Gasteiger partial charge in [0.2, 0.25) is 0 Å². The van der Waals surface area contributed by atoms with E-state index in [0.717, 1.165) is 39.4 Å². The second kappa shape index (κ2) is 8.21. The largest absolute Gasteiger partial charge is 0.379 e. The molecule has 0 spiro atoms. The lowest BCUT2D eigenvalue weighted by atomic mass is 10.00. The number of benzene rings is 2. The molecule has 3 aromatic rings.